The lowest BCUT2D eigenvalue weighted by atomic mass is 10.0. The highest BCUT2D eigenvalue weighted by atomic mass is 16.5. The average Bonchev–Trinajstić information content (AvgIpc) is 2.94. The van der Waals surface area contributed by atoms with Gasteiger partial charge in [-0.15, -0.1) is 0 Å². The normalized spacial score (nSPS) is 15.0. The summed E-state index contributed by atoms with van der Waals surface area (Å²) in [5, 5.41) is 0. The average molecular weight is 275 g/mol. The molecule has 0 bridgehead atoms. The predicted octanol–water partition coefficient (Wildman–Crippen LogP) is 0.827. The lowest BCUT2D eigenvalue weighted by Gasteiger charge is -2.39. The number of ether oxygens (including phenoxy) is 2. The highest BCUT2D eigenvalue weighted by molar-refractivity contribution is 5.39. The maximum Gasteiger partial charge on any atom is 0.231 e. The van der Waals surface area contributed by atoms with Crippen LogP contribution in [0.2, 0.25) is 0 Å². The second kappa shape index (κ2) is 5.36. The number of hydrogen-bond donors (Lipinski definition) is 0. The van der Waals surface area contributed by atoms with E-state index in [9.17, 15) is 0 Å². The maximum absolute atomic E-state index is 5.16. The van der Waals surface area contributed by atoms with Crippen molar-refractivity contribution in [3.8, 4) is 11.8 Å². The standard InChI is InChI=1S/C13H17N5O2/c1-19-11-5-12(20-2)16-13(15-11)18-7-10(8-18)6-17-4-3-14-9-17/h3-5,9-10H,6-8H2,1-2H3. The van der Waals surface area contributed by atoms with Gasteiger partial charge in [-0.25, -0.2) is 4.98 Å². The summed E-state index contributed by atoms with van der Waals surface area (Å²) in [6.45, 7) is 2.82. The number of hydrogen-bond acceptors (Lipinski definition) is 6. The highest BCUT2D eigenvalue weighted by Gasteiger charge is 2.29. The van der Waals surface area contributed by atoms with Gasteiger partial charge in [-0.2, -0.15) is 9.97 Å². The van der Waals surface area contributed by atoms with Crippen molar-refractivity contribution < 1.29 is 9.47 Å². The molecule has 1 aliphatic heterocycles. The van der Waals surface area contributed by atoms with Crippen molar-refractivity contribution in [3.63, 3.8) is 0 Å². The molecule has 0 unspecified atom stereocenters. The molecular formula is C13H17N5O2. The summed E-state index contributed by atoms with van der Waals surface area (Å²) < 4.78 is 12.4. The Balaban J connectivity index is 1.64. The van der Waals surface area contributed by atoms with Crippen LogP contribution in [-0.4, -0.2) is 46.8 Å². The van der Waals surface area contributed by atoms with E-state index in [0.717, 1.165) is 19.6 Å². The lowest BCUT2D eigenvalue weighted by molar-refractivity contribution is 0.341. The van der Waals surface area contributed by atoms with Crippen LogP contribution in [0.3, 0.4) is 0 Å². The van der Waals surface area contributed by atoms with Gasteiger partial charge in [-0.05, 0) is 0 Å². The van der Waals surface area contributed by atoms with Crippen LogP contribution < -0.4 is 14.4 Å². The van der Waals surface area contributed by atoms with E-state index in [-0.39, 0.29) is 0 Å². The summed E-state index contributed by atoms with van der Waals surface area (Å²) in [5.74, 6) is 2.28. The third kappa shape index (κ3) is 2.52. The second-order valence-electron chi connectivity index (χ2n) is 4.78. The second-order valence-corrected chi connectivity index (χ2v) is 4.78. The zero-order valence-corrected chi connectivity index (χ0v) is 11.6. The molecule has 0 saturated carbocycles. The van der Waals surface area contributed by atoms with Crippen molar-refractivity contribution >= 4 is 5.95 Å². The fraction of sp³-hybridized carbons (Fsp3) is 0.462. The van der Waals surface area contributed by atoms with Crippen molar-refractivity contribution in [3.05, 3.63) is 24.8 Å². The molecule has 7 nitrogen and oxygen atoms in total. The summed E-state index contributed by atoms with van der Waals surface area (Å²) in [4.78, 5) is 14.9. The molecule has 2 aromatic rings. The Labute approximate surface area is 117 Å². The number of methoxy groups -OCH3 is 2. The molecule has 0 radical (unpaired) electrons. The van der Waals surface area contributed by atoms with Gasteiger partial charge in [0.25, 0.3) is 0 Å². The number of anilines is 1. The van der Waals surface area contributed by atoms with Crippen molar-refractivity contribution in [2.24, 2.45) is 5.92 Å². The van der Waals surface area contributed by atoms with Gasteiger partial charge in [-0.3, -0.25) is 0 Å². The fourth-order valence-electron chi connectivity index (χ4n) is 2.28. The van der Waals surface area contributed by atoms with Crippen LogP contribution >= 0.6 is 0 Å². The van der Waals surface area contributed by atoms with Gasteiger partial charge in [0.05, 0.1) is 26.6 Å². The Kier molecular flexibility index (Phi) is 3.41. The molecular weight excluding hydrogens is 258 g/mol. The summed E-state index contributed by atoms with van der Waals surface area (Å²) in [6, 6.07) is 1.67. The molecule has 1 aliphatic rings. The Morgan fingerprint density at radius 3 is 2.45 bits per heavy atom. The molecule has 0 amide bonds. The van der Waals surface area contributed by atoms with Crippen LogP contribution in [0.1, 0.15) is 0 Å². The molecule has 20 heavy (non-hydrogen) atoms. The quantitative estimate of drug-likeness (QED) is 0.805. The first kappa shape index (κ1) is 12.7. The zero-order chi connectivity index (χ0) is 13.9. The fourth-order valence-corrected chi connectivity index (χ4v) is 2.28. The van der Waals surface area contributed by atoms with Gasteiger partial charge in [0.15, 0.2) is 0 Å². The van der Waals surface area contributed by atoms with Crippen LogP contribution in [0.15, 0.2) is 24.8 Å². The number of imidazole rings is 1. The molecule has 0 aromatic carbocycles. The van der Waals surface area contributed by atoms with Crippen molar-refractivity contribution in [1.82, 2.24) is 19.5 Å². The molecule has 2 aromatic heterocycles. The van der Waals surface area contributed by atoms with Crippen molar-refractivity contribution in [2.45, 2.75) is 6.54 Å². The molecule has 1 saturated heterocycles. The molecule has 7 heteroatoms. The Hall–Kier alpha value is -2.31. The van der Waals surface area contributed by atoms with Gasteiger partial charge < -0.3 is 18.9 Å². The van der Waals surface area contributed by atoms with E-state index in [1.54, 1.807) is 26.5 Å². The van der Waals surface area contributed by atoms with E-state index in [4.69, 9.17) is 9.47 Å². The molecule has 3 heterocycles. The minimum Gasteiger partial charge on any atom is -0.481 e. The number of aromatic nitrogens is 4. The number of rotatable bonds is 5. The molecule has 1 fully saturated rings. The summed E-state index contributed by atoms with van der Waals surface area (Å²) >= 11 is 0. The van der Waals surface area contributed by atoms with Gasteiger partial charge in [-0.1, -0.05) is 0 Å². The van der Waals surface area contributed by atoms with Gasteiger partial charge in [0.1, 0.15) is 0 Å². The zero-order valence-electron chi connectivity index (χ0n) is 11.6. The lowest BCUT2D eigenvalue weighted by Crippen LogP contribution is -2.49. The first-order valence-electron chi connectivity index (χ1n) is 6.46. The molecule has 106 valence electrons. The van der Waals surface area contributed by atoms with Crippen LogP contribution in [0.4, 0.5) is 5.95 Å². The highest BCUT2D eigenvalue weighted by Crippen LogP contribution is 2.26. The smallest absolute Gasteiger partial charge is 0.231 e. The molecule has 0 aliphatic carbocycles. The molecule has 0 N–H and O–H groups in total. The van der Waals surface area contributed by atoms with Gasteiger partial charge >= 0.3 is 0 Å². The van der Waals surface area contributed by atoms with Crippen LogP contribution in [0.25, 0.3) is 0 Å². The predicted molar refractivity (Wildman–Crippen MR) is 73.1 cm³/mol. The van der Waals surface area contributed by atoms with E-state index in [2.05, 4.69) is 24.4 Å². The monoisotopic (exact) mass is 275 g/mol. The van der Waals surface area contributed by atoms with Crippen molar-refractivity contribution in [2.75, 3.05) is 32.2 Å². The van der Waals surface area contributed by atoms with Gasteiger partial charge in [0, 0.05) is 37.9 Å². The first-order chi connectivity index (χ1) is 9.78. The third-order valence-corrected chi connectivity index (χ3v) is 3.35. The Morgan fingerprint density at radius 2 is 1.90 bits per heavy atom. The Bertz CT molecular complexity index is 544. The van der Waals surface area contributed by atoms with E-state index < -0.39 is 0 Å². The minimum absolute atomic E-state index is 0.518. The van der Waals surface area contributed by atoms with E-state index in [1.807, 2.05) is 12.5 Å². The topological polar surface area (TPSA) is 65.3 Å². The Morgan fingerprint density at radius 1 is 1.20 bits per heavy atom. The van der Waals surface area contributed by atoms with Crippen molar-refractivity contribution in [1.29, 1.82) is 0 Å². The maximum atomic E-state index is 5.16. The largest absolute Gasteiger partial charge is 0.481 e. The van der Waals surface area contributed by atoms with E-state index >= 15 is 0 Å². The first-order valence-corrected chi connectivity index (χ1v) is 6.46. The summed E-state index contributed by atoms with van der Waals surface area (Å²) in [6.07, 6.45) is 5.62. The summed E-state index contributed by atoms with van der Waals surface area (Å²) in [5.41, 5.74) is 0. The van der Waals surface area contributed by atoms with Crippen LogP contribution in [0.5, 0.6) is 11.8 Å². The SMILES string of the molecule is COc1cc(OC)nc(N2CC(Cn3ccnc3)C2)n1. The third-order valence-electron chi connectivity index (χ3n) is 3.35. The van der Waals surface area contributed by atoms with Crippen LogP contribution in [0, 0.1) is 5.92 Å². The number of nitrogens with zero attached hydrogens (tertiary/aromatic N) is 5. The minimum atomic E-state index is 0.518. The molecule has 0 spiro atoms. The molecule has 3 rings (SSSR count). The van der Waals surface area contributed by atoms with E-state index in [1.165, 1.54) is 0 Å². The summed E-state index contributed by atoms with van der Waals surface area (Å²) in [7, 11) is 3.17. The van der Waals surface area contributed by atoms with E-state index in [0.29, 0.717) is 23.6 Å². The molecule has 0 atom stereocenters. The van der Waals surface area contributed by atoms with Crippen LogP contribution in [-0.2, 0) is 6.54 Å². The van der Waals surface area contributed by atoms with Gasteiger partial charge in [0.2, 0.25) is 17.7 Å².